The molecule has 0 spiro atoms. The molecule has 0 aliphatic rings. The van der Waals surface area contributed by atoms with Crippen molar-refractivity contribution in [3.63, 3.8) is 0 Å². The van der Waals surface area contributed by atoms with Crippen LogP contribution >= 0.6 is 0 Å². The molecule has 0 radical (unpaired) electrons. The van der Waals surface area contributed by atoms with Crippen LogP contribution < -0.4 is 5.32 Å². The molecule has 2 nitrogen and oxygen atoms in total. The van der Waals surface area contributed by atoms with Crippen LogP contribution in [0.1, 0.15) is 60.8 Å². The van der Waals surface area contributed by atoms with Gasteiger partial charge < -0.3 is 5.32 Å². The molecule has 17 heavy (non-hydrogen) atoms. The van der Waals surface area contributed by atoms with Gasteiger partial charge in [-0.15, -0.1) is 0 Å². The molecule has 0 fully saturated rings. The van der Waals surface area contributed by atoms with Crippen LogP contribution in [-0.4, -0.2) is 36.6 Å². The van der Waals surface area contributed by atoms with Gasteiger partial charge in [0.05, 0.1) is 0 Å². The standard InChI is InChI=1S/C15H34N2/c1-7-14(16-10-4)12-17(11-13(5)6)15(8-2)9-3/h13-16H,7-12H2,1-6H3. The summed E-state index contributed by atoms with van der Waals surface area (Å²) in [6.45, 7) is 17.3. The molecule has 1 unspecified atom stereocenters. The van der Waals surface area contributed by atoms with Crippen LogP contribution in [0.2, 0.25) is 0 Å². The molecule has 0 saturated carbocycles. The predicted octanol–water partition coefficient (Wildman–Crippen LogP) is 3.52. The first-order valence-electron chi connectivity index (χ1n) is 7.56. The summed E-state index contributed by atoms with van der Waals surface area (Å²) in [7, 11) is 0. The van der Waals surface area contributed by atoms with Gasteiger partial charge in [-0.3, -0.25) is 4.90 Å². The molecule has 0 rings (SSSR count). The molecule has 0 saturated heterocycles. The average molecular weight is 242 g/mol. The van der Waals surface area contributed by atoms with E-state index in [1.807, 2.05) is 0 Å². The van der Waals surface area contributed by atoms with Crippen molar-refractivity contribution in [3.05, 3.63) is 0 Å². The zero-order valence-corrected chi connectivity index (χ0v) is 12.9. The first-order valence-corrected chi connectivity index (χ1v) is 7.56. The third-order valence-corrected chi connectivity index (χ3v) is 3.50. The van der Waals surface area contributed by atoms with E-state index in [-0.39, 0.29) is 0 Å². The van der Waals surface area contributed by atoms with Crippen molar-refractivity contribution in [1.82, 2.24) is 10.2 Å². The highest BCUT2D eigenvalue weighted by Crippen LogP contribution is 2.12. The number of hydrogen-bond donors (Lipinski definition) is 1. The Bertz CT molecular complexity index is 164. The topological polar surface area (TPSA) is 15.3 Å². The molecular formula is C15H34N2. The number of nitrogens with zero attached hydrogens (tertiary/aromatic N) is 1. The van der Waals surface area contributed by atoms with E-state index >= 15 is 0 Å². The van der Waals surface area contributed by atoms with Gasteiger partial charge in [-0.2, -0.15) is 0 Å². The summed E-state index contributed by atoms with van der Waals surface area (Å²) in [6, 6.07) is 1.41. The lowest BCUT2D eigenvalue weighted by atomic mass is 10.1. The second-order valence-electron chi connectivity index (χ2n) is 5.48. The van der Waals surface area contributed by atoms with Crippen LogP contribution in [-0.2, 0) is 0 Å². The molecule has 0 aliphatic carbocycles. The zero-order valence-electron chi connectivity index (χ0n) is 12.9. The maximum Gasteiger partial charge on any atom is 0.0192 e. The van der Waals surface area contributed by atoms with E-state index in [9.17, 15) is 0 Å². The SMILES string of the molecule is CCNC(CC)CN(CC(C)C)C(CC)CC. The fourth-order valence-corrected chi connectivity index (χ4v) is 2.56. The second kappa shape index (κ2) is 9.90. The predicted molar refractivity (Wildman–Crippen MR) is 78.5 cm³/mol. The zero-order chi connectivity index (χ0) is 13.3. The molecule has 1 N–H and O–H groups in total. The number of likely N-dealkylation sites (N-methyl/N-ethyl adjacent to an activating group) is 1. The first kappa shape index (κ1) is 16.9. The Hall–Kier alpha value is -0.0800. The fraction of sp³-hybridized carbons (Fsp3) is 1.00. The van der Waals surface area contributed by atoms with Gasteiger partial charge in [0, 0.05) is 25.2 Å². The van der Waals surface area contributed by atoms with Crippen LogP contribution in [0.4, 0.5) is 0 Å². The Kier molecular flexibility index (Phi) is 9.85. The molecule has 1 atom stereocenters. The quantitative estimate of drug-likeness (QED) is 0.630. The minimum absolute atomic E-state index is 0.652. The van der Waals surface area contributed by atoms with Crippen LogP contribution in [0.5, 0.6) is 0 Å². The third kappa shape index (κ3) is 7.05. The Morgan fingerprint density at radius 3 is 1.82 bits per heavy atom. The van der Waals surface area contributed by atoms with E-state index in [0.717, 1.165) is 18.5 Å². The van der Waals surface area contributed by atoms with E-state index in [4.69, 9.17) is 0 Å². The minimum atomic E-state index is 0.652. The van der Waals surface area contributed by atoms with Crippen LogP contribution in [0.25, 0.3) is 0 Å². The molecule has 0 bridgehead atoms. The molecule has 0 aliphatic heterocycles. The summed E-state index contributed by atoms with van der Waals surface area (Å²) < 4.78 is 0. The Balaban J connectivity index is 4.43. The maximum absolute atomic E-state index is 3.60. The van der Waals surface area contributed by atoms with Crippen molar-refractivity contribution in [3.8, 4) is 0 Å². The van der Waals surface area contributed by atoms with Crippen LogP contribution in [0.15, 0.2) is 0 Å². The fourth-order valence-electron chi connectivity index (χ4n) is 2.56. The second-order valence-corrected chi connectivity index (χ2v) is 5.48. The molecule has 0 heterocycles. The first-order chi connectivity index (χ1) is 8.08. The van der Waals surface area contributed by atoms with E-state index in [0.29, 0.717) is 6.04 Å². The minimum Gasteiger partial charge on any atom is -0.313 e. The summed E-state index contributed by atoms with van der Waals surface area (Å²) >= 11 is 0. The van der Waals surface area contributed by atoms with Crippen molar-refractivity contribution in [2.24, 2.45) is 5.92 Å². The Morgan fingerprint density at radius 2 is 1.47 bits per heavy atom. The molecular weight excluding hydrogens is 208 g/mol. The number of nitrogens with one attached hydrogen (secondary N) is 1. The van der Waals surface area contributed by atoms with Crippen molar-refractivity contribution in [2.75, 3.05) is 19.6 Å². The maximum atomic E-state index is 3.60. The van der Waals surface area contributed by atoms with Crippen LogP contribution in [0, 0.1) is 5.92 Å². The van der Waals surface area contributed by atoms with E-state index < -0.39 is 0 Å². The van der Waals surface area contributed by atoms with Gasteiger partial charge in [0.2, 0.25) is 0 Å². The monoisotopic (exact) mass is 242 g/mol. The van der Waals surface area contributed by atoms with Gasteiger partial charge in [-0.1, -0.05) is 41.5 Å². The Morgan fingerprint density at radius 1 is 0.882 bits per heavy atom. The number of rotatable bonds is 10. The van der Waals surface area contributed by atoms with Gasteiger partial charge in [0.25, 0.3) is 0 Å². The van der Waals surface area contributed by atoms with E-state index in [2.05, 4.69) is 51.8 Å². The Labute approximate surface area is 109 Å². The van der Waals surface area contributed by atoms with Crippen molar-refractivity contribution >= 4 is 0 Å². The van der Waals surface area contributed by atoms with Gasteiger partial charge in [0.15, 0.2) is 0 Å². The molecule has 2 heteroatoms. The highest BCUT2D eigenvalue weighted by molar-refractivity contribution is 4.76. The van der Waals surface area contributed by atoms with Crippen molar-refractivity contribution in [2.45, 2.75) is 72.9 Å². The summed E-state index contributed by atoms with van der Waals surface area (Å²) in [6.07, 6.45) is 3.76. The largest absolute Gasteiger partial charge is 0.313 e. The molecule has 104 valence electrons. The van der Waals surface area contributed by atoms with Crippen molar-refractivity contribution in [1.29, 1.82) is 0 Å². The average Bonchev–Trinajstić information content (AvgIpc) is 2.29. The van der Waals surface area contributed by atoms with Crippen molar-refractivity contribution < 1.29 is 0 Å². The molecule has 0 aromatic rings. The van der Waals surface area contributed by atoms with E-state index in [1.54, 1.807) is 0 Å². The summed E-state index contributed by atoms with van der Waals surface area (Å²) in [5.74, 6) is 0.759. The summed E-state index contributed by atoms with van der Waals surface area (Å²) in [5, 5.41) is 3.60. The summed E-state index contributed by atoms with van der Waals surface area (Å²) in [5.41, 5.74) is 0. The lowest BCUT2D eigenvalue weighted by Crippen LogP contribution is -2.46. The highest BCUT2D eigenvalue weighted by atomic mass is 15.2. The van der Waals surface area contributed by atoms with Gasteiger partial charge >= 0.3 is 0 Å². The summed E-state index contributed by atoms with van der Waals surface area (Å²) in [4.78, 5) is 2.70. The normalized spacial score (nSPS) is 13.9. The lowest BCUT2D eigenvalue weighted by Gasteiger charge is -2.35. The molecule has 0 aromatic heterocycles. The lowest BCUT2D eigenvalue weighted by molar-refractivity contribution is 0.147. The highest BCUT2D eigenvalue weighted by Gasteiger charge is 2.19. The molecule has 0 aromatic carbocycles. The molecule has 0 amide bonds. The van der Waals surface area contributed by atoms with Gasteiger partial charge in [-0.25, -0.2) is 0 Å². The number of hydrogen-bond acceptors (Lipinski definition) is 2. The van der Waals surface area contributed by atoms with E-state index in [1.165, 1.54) is 32.4 Å². The van der Waals surface area contributed by atoms with Gasteiger partial charge in [0.1, 0.15) is 0 Å². The van der Waals surface area contributed by atoms with Gasteiger partial charge in [-0.05, 0) is 31.7 Å². The smallest absolute Gasteiger partial charge is 0.0192 e. The third-order valence-electron chi connectivity index (χ3n) is 3.50. The van der Waals surface area contributed by atoms with Crippen LogP contribution in [0.3, 0.4) is 0 Å².